The number of nitrogens with zero attached hydrogens (tertiary/aromatic N) is 1. The number of rotatable bonds is 2. The van der Waals surface area contributed by atoms with E-state index >= 15 is 0 Å². The molecule has 32 heavy (non-hydrogen) atoms. The molecule has 6 heteroatoms. The second-order valence-corrected chi connectivity index (χ2v) is 11.6. The quantitative estimate of drug-likeness (QED) is 0.700. The summed E-state index contributed by atoms with van der Waals surface area (Å²) < 4.78 is 0. The average Bonchev–Trinajstić information content (AvgIpc) is 3.01. The highest BCUT2D eigenvalue weighted by Gasteiger charge is 2.62. The highest BCUT2D eigenvalue weighted by molar-refractivity contribution is 6.07. The number of imide groups is 1. The average molecular weight is 436 g/mol. The van der Waals surface area contributed by atoms with E-state index in [0.29, 0.717) is 43.7 Å². The molecule has 6 nitrogen and oxygen atoms in total. The molecule has 4 amide bonds. The van der Waals surface area contributed by atoms with Crippen LogP contribution in [-0.2, 0) is 15.0 Å². The molecule has 4 bridgehead atoms. The van der Waals surface area contributed by atoms with E-state index in [9.17, 15) is 14.4 Å². The summed E-state index contributed by atoms with van der Waals surface area (Å²) in [6, 6.07) is 6.54. The molecule has 2 saturated heterocycles. The number of hydrogen-bond donors (Lipinski definition) is 2. The third-order valence-electron chi connectivity index (χ3n) is 9.55. The highest BCUT2D eigenvalue weighted by atomic mass is 16.2. The van der Waals surface area contributed by atoms with Gasteiger partial charge in [0.2, 0.25) is 5.91 Å². The van der Waals surface area contributed by atoms with Crippen LogP contribution in [-0.4, -0.2) is 41.4 Å². The molecule has 1 aromatic carbocycles. The van der Waals surface area contributed by atoms with Crippen LogP contribution >= 0.6 is 0 Å². The molecule has 1 spiro atoms. The van der Waals surface area contributed by atoms with Gasteiger partial charge in [0.05, 0.1) is 5.41 Å². The summed E-state index contributed by atoms with van der Waals surface area (Å²) >= 11 is 0. The molecule has 6 aliphatic rings. The number of likely N-dealkylation sites (tertiary alicyclic amines) is 1. The van der Waals surface area contributed by atoms with Crippen LogP contribution in [0.2, 0.25) is 0 Å². The maximum atomic E-state index is 14.0. The Morgan fingerprint density at radius 2 is 1.69 bits per heavy atom. The maximum absolute atomic E-state index is 14.0. The van der Waals surface area contributed by atoms with Crippen LogP contribution in [0.4, 0.5) is 4.79 Å². The molecule has 4 aliphatic carbocycles. The summed E-state index contributed by atoms with van der Waals surface area (Å²) in [5.41, 5.74) is 3.17. The molecule has 2 aliphatic heterocycles. The summed E-state index contributed by atoms with van der Waals surface area (Å²) in [6.07, 6.45) is 7.72. The van der Waals surface area contributed by atoms with Gasteiger partial charge in [-0.15, -0.1) is 0 Å². The maximum Gasteiger partial charge on any atom is 0.322 e. The van der Waals surface area contributed by atoms with Gasteiger partial charge in [0.1, 0.15) is 5.54 Å². The van der Waals surface area contributed by atoms with Crippen molar-refractivity contribution in [1.29, 1.82) is 0 Å². The Kier molecular flexibility index (Phi) is 4.16. The van der Waals surface area contributed by atoms with Crippen molar-refractivity contribution in [2.45, 2.75) is 76.2 Å². The van der Waals surface area contributed by atoms with Crippen LogP contribution in [0.3, 0.4) is 0 Å². The molecule has 0 radical (unpaired) electrons. The molecule has 2 N–H and O–H groups in total. The van der Waals surface area contributed by atoms with E-state index in [1.165, 1.54) is 36.0 Å². The number of carbonyl (C=O) groups excluding carboxylic acids is 3. The number of nitrogens with one attached hydrogen (secondary N) is 2. The van der Waals surface area contributed by atoms with Crippen molar-refractivity contribution in [1.82, 2.24) is 15.5 Å². The lowest BCUT2D eigenvalue weighted by molar-refractivity contribution is -0.162. The summed E-state index contributed by atoms with van der Waals surface area (Å²) in [7, 11) is 0. The minimum absolute atomic E-state index is 0.133. The van der Waals surface area contributed by atoms with Crippen LogP contribution < -0.4 is 10.6 Å². The number of amides is 4. The number of aryl methyl sites for hydroxylation is 2. The van der Waals surface area contributed by atoms with Crippen molar-refractivity contribution in [3.63, 3.8) is 0 Å². The number of hydrogen-bond acceptors (Lipinski definition) is 3. The van der Waals surface area contributed by atoms with Gasteiger partial charge in [0.25, 0.3) is 5.91 Å². The van der Waals surface area contributed by atoms with Gasteiger partial charge in [-0.05, 0) is 99.2 Å². The molecule has 0 aromatic heterocycles. The molecular formula is C26H33N3O3. The fourth-order valence-corrected chi connectivity index (χ4v) is 8.23. The molecule has 170 valence electrons. The summed E-state index contributed by atoms with van der Waals surface area (Å²) in [5.74, 6) is 1.34. The van der Waals surface area contributed by atoms with Gasteiger partial charge in [-0.2, -0.15) is 0 Å². The first-order chi connectivity index (χ1) is 15.2. The van der Waals surface area contributed by atoms with E-state index in [1.807, 2.05) is 4.90 Å². The lowest BCUT2D eigenvalue weighted by Gasteiger charge is -2.62. The molecule has 6 fully saturated rings. The molecule has 2 unspecified atom stereocenters. The second-order valence-electron chi connectivity index (χ2n) is 11.6. The lowest BCUT2D eigenvalue weighted by Crippen LogP contribution is -2.62. The van der Waals surface area contributed by atoms with Gasteiger partial charge < -0.3 is 10.2 Å². The zero-order chi connectivity index (χ0) is 22.3. The van der Waals surface area contributed by atoms with Crippen LogP contribution in [0.15, 0.2) is 18.2 Å². The Balaban J connectivity index is 1.26. The summed E-state index contributed by atoms with van der Waals surface area (Å²) in [6.45, 7) is 5.45. The topological polar surface area (TPSA) is 78.5 Å². The largest absolute Gasteiger partial charge is 0.342 e. The Morgan fingerprint density at radius 1 is 1.00 bits per heavy atom. The number of piperidine rings is 1. The van der Waals surface area contributed by atoms with Crippen molar-refractivity contribution in [3.8, 4) is 0 Å². The van der Waals surface area contributed by atoms with E-state index < -0.39 is 11.6 Å². The fraction of sp³-hybridized carbons (Fsp3) is 0.654. The van der Waals surface area contributed by atoms with Gasteiger partial charge in [0.15, 0.2) is 0 Å². The van der Waals surface area contributed by atoms with Crippen molar-refractivity contribution in [3.05, 3.63) is 34.9 Å². The van der Waals surface area contributed by atoms with E-state index in [2.05, 4.69) is 42.7 Å². The van der Waals surface area contributed by atoms with E-state index in [0.717, 1.165) is 19.3 Å². The second kappa shape index (κ2) is 6.58. The molecular weight excluding hydrogens is 402 g/mol. The number of urea groups is 1. The third kappa shape index (κ3) is 2.80. The fourth-order valence-electron chi connectivity index (χ4n) is 8.23. The standard InChI is InChI=1S/C26H33N3O3/c1-16-3-4-20(9-17(16)2)24-11-18-10-19(12-24)14-25(13-18,15-24)22(31)29-7-5-26(6-8-29)21(30)27-23(32)28-26/h3-4,9,18-19H,5-8,10-15H2,1-2H3,(H2,27,28,30,32). The van der Waals surface area contributed by atoms with E-state index in [4.69, 9.17) is 0 Å². The minimum Gasteiger partial charge on any atom is -0.342 e. The Bertz CT molecular complexity index is 1010. The van der Waals surface area contributed by atoms with Crippen LogP contribution in [0, 0.1) is 31.1 Å². The van der Waals surface area contributed by atoms with Gasteiger partial charge in [-0.25, -0.2) is 4.79 Å². The van der Waals surface area contributed by atoms with Crippen molar-refractivity contribution in [2.75, 3.05) is 13.1 Å². The van der Waals surface area contributed by atoms with Gasteiger partial charge >= 0.3 is 6.03 Å². The van der Waals surface area contributed by atoms with Gasteiger partial charge in [-0.1, -0.05) is 18.2 Å². The van der Waals surface area contributed by atoms with Crippen LogP contribution in [0.25, 0.3) is 0 Å². The van der Waals surface area contributed by atoms with E-state index in [1.54, 1.807) is 0 Å². The first-order valence-electron chi connectivity index (χ1n) is 12.2. The number of carbonyl (C=O) groups is 3. The third-order valence-corrected chi connectivity index (χ3v) is 9.55. The highest BCUT2D eigenvalue weighted by Crippen LogP contribution is 2.66. The molecule has 2 atom stereocenters. The lowest BCUT2D eigenvalue weighted by atomic mass is 9.42. The SMILES string of the molecule is Cc1ccc(C23CC4CC(CC(C(=O)N5CCC6(CC5)NC(=O)NC6=O)(C4)C2)C3)cc1C. The summed E-state index contributed by atoms with van der Waals surface area (Å²) in [4.78, 5) is 40.0. The monoisotopic (exact) mass is 435 g/mol. The Morgan fingerprint density at radius 3 is 2.28 bits per heavy atom. The van der Waals surface area contributed by atoms with Crippen LogP contribution in [0.1, 0.15) is 68.1 Å². The zero-order valence-corrected chi connectivity index (χ0v) is 19.1. The predicted molar refractivity (Wildman–Crippen MR) is 120 cm³/mol. The smallest absolute Gasteiger partial charge is 0.322 e. The molecule has 7 rings (SSSR count). The minimum atomic E-state index is -0.823. The summed E-state index contributed by atoms with van der Waals surface area (Å²) in [5, 5.41) is 5.18. The van der Waals surface area contributed by atoms with Crippen molar-refractivity contribution in [2.24, 2.45) is 17.3 Å². The van der Waals surface area contributed by atoms with Crippen molar-refractivity contribution >= 4 is 17.8 Å². The first-order valence-corrected chi connectivity index (χ1v) is 12.2. The Labute approximate surface area is 189 Å². The Hall–Kier alpha value is -2.37. The van der Waals surface area contributed by atoms with E-state index in [-0.39, 0.29) is 16.7 Å². The van der Waals surface area contributed by atoms with Gasteiger partial charge in [0, 0.05) is 13.1 Å². The van der Waals surface area contributed by atoms with Crippen molar-refractivity contribution < 1.29 is 14.4 Å². The molecule has 2 heterocycles. The first kappa shape index (κ1) is 20.3. The predicted octanol–water partition coefficient (Wildman–Crippen LogP) is 3.34. The van der Waals surface area contributed by atoms with Gasteiger partial charge in [-0.3, -0.25) is 14.9 Å². The molecule has 4 saturated carbocycles. The molecule has 1 aromatic rings. The normalized spacial score (nSPS) is 37.0. The zero-order valence-electron chi connectivity index (χ0n) is 19.1. The van der Waals surface area contributed by atoms with Crippen LogP contribution in [0.5, 0.6) is 0 Å². The number of benzene rings is 1.